The maximum atomic E-state index is 14.0. The van der Waals surface area contributed by atoms with E-state index in [1.54, 1.807) is 6.07 Å². The fraction of sp³-hybridized carbons (Fsp3) is 0.333. The Morgan fingerprint density at radius 2 is 2.14 bits per heavy atom. The van der Waals surface area contributed by atoms with Crippen LogP contribution in [-0.2, 0) is 11.3 Å². The highest BCUT2D eigenvalue weighted by Crippen LogP contribution is 2.16. The van der Waals surface area contributed by atoms with Crippen LogP contribution in [0.25, 0.3) is 0 Å². The number of rotatable bonds is 3. The molecule has 1 N–H and O–H groups in total. The number of aliphatic hydroxyl groups is 1. The van der Waals surface area contributed by atoms with E-state index in [1.165, 1.54) is 24.1 Å². The van der Waals surface area contributed by atoms with Crippen molar-refractivity contribution in [1.29, 1.82) is 0 Å². The lowest BCUT2D eigenvalue weighted by atomic mass is 10.1. The van der Waals surface area contributed by atoms with E-state index in [1.807, 2.05) is 0 Å². The maximum Gasteiger partial charge on any atom is 0.327 e. The monoisotopic (exact) mass is 290 g/mol. The summed E-state index contributed by atoms with van der Waals surface area (Å²) >= 11 is 0. The van der Waals surface area contributed by atoms with E-state index in [2.05, 4.69) is 11.8 Å². The molecule has 1 saturated heterocycles. The van der Waals surface area contributed by atoms with Gasteiger partial charge < -0.3 is 10.0 Å². The van der Waals surface area contributed by atoms with Crippen LogP contribution < -0.4 is 0 Å². The van der Waals surface area contributed by atoms with Gasteiger partial charge in [0.25, 0.3) is 5.91 Å². The summed E-state index contributed by atoms with van der Waals surface area (Å²) in [5.74, 6) is 4.57. The summed E-state index contributed by atoms with van der Waals surface area (Å²) < 4.78 is 14.0. The number of imide groups is 1. The Morgan fingerprint density at radius 3 is 2.71 bits per heavy atom. The van der Waals surface area contributed by atoms with Gasteiger partial charge in [0.05, 0.1) is 13.2 Å². The summed E-state index contributed by atoms with van der Waals surface area (Å²) in [6.07, 6.45) is 0.326. The van der Waals surface area contributed by atoms with Crippen molar-refractivity contribution < 1.29 is 19.1 Å². The predicted octanol–water partition coefficient (Wildman–Crippen LogP) is 0.954. The molecule has 110 valence electrons. The number of hydrogen-bond donors (Lipinski definition) is 1. The highest BCUT2D eigenvalue weighted by Gasteiger charge is 2.33. The number of amides is 3. The van der Waals surface area contributed by atoms with E-state index < -0.39 is 11.8 Å². The molecule has 0 atom stereocenters. The average Bonchev–Trinajstić information content (AvgIpc) is 2.68. The van der Waals surface area contributed by atoms with E-state index >= 15 is 0 Å². The Bertz CT molecular complexity index is 634. The van der Waals surface area contributed by atoms with Gasteiger partial charge in [-0.05, 0) is 12.1 Å². The van der Waals surface area contributed by atoms with Gasteiger partial charge in [-0.2, -0.15) is 0 Å². The molecule has 0 aromatic heterocycles. The van der Waals surface area contributed by atoms with Crippen molar-refractivity contribution in [2.75, 3.05) is 20.2 Å². The molecule has 0 bridgehead atoms. The van der Waals surface area contributed by atoms with Crippen LogP contribution in [0.2, 0.25) is 0 Å². The summed E-state index contributed by atoms with van der Waals surface area (Å²) in [5, 5.41) is 8.62. The topological polar surface area (TPSA) is 60.9 Å². The summed E-state index contributed by atoms with van der Waals surface area (Å²) in [5.41, 5.74) is 0.751. The predicted molar refractivity (Wildman–Crippen MR) is 73.6 cm³/mol. The van der Waals surface area contributed by atoms with Crippen molar-refractivity contribution in [2.24, 2.45) is 0 Å². The first kappa shape index (κ1) is 15.0. The average molecular weight is 290 g/mol. The third kappa shape index (κ3) is 3.38. The number of aliphatic hydroxyl groups excluding tert-OH is 1. The van der Waals surface area contributed by atoms with Crippen LogP contribution in [0.3, 0.4) is 0 Å². The normalized spacial score (nSPS) is 14.4. The molecule has 1 heterocycles. The molecule has 0 saturated carbocycles. The first-order valence-electron chi connectivity index (χ1n) is 6.46. The number of carbonyl (C=O) groups is 2. The first-order chi connectivity index (χ1) is 10.0. The van der Waals surface area contributed by atoms with Crippen LogP contribution in [0, 0.1) is 17.7 Å². The van der Waals surface area contributed by atoms with Gasteiger partial charge in [-0.1, -0.05) is 17.9 Å². The van der Waals surface area contributed by atoms with E-state index in [-0.39, 0.29) is 31.2 Å². The molecule has 5 nitrogen and oxygen atoms in total. The molecule has 6 heteroatoms. The minimum Gasteiger partial charge on any atom is -0.395 e. The molecule has 1 aliphatic rings. The van der Waals surface area contributed by atoms with E-state index in [0.717, 1.165) is 4.90 Å². The smallest absolute Gasteiger partial charge is 0.327 e. The Balaban J connectivity index is 2.13. The molecule has 0 spiro atoms. The van der Waals surface area contributed by atoms with E-state index in [9.17, 15) is 14.0 Å². The SMILES string of the molecule is CN1CC(=O)N(Cc2ccc(C#CCCO)cc2F)C1=O. The largest absolute Gasteiger partial charge is 0.395 e. The maximum absolute atomic E-state index is 14.0. The van der Waals surface area contributed by atoms with Crippen molar-refractivity contribution in [3.63, 3.8) is 0 Å². The van der Waals surface area contributed by atoms with Crippen molar-refractivity contribution in [2.45, 2.75) is 13.0 Å². The first-order valence-corrected chi connectivity index (χ1v) is 6.46. The lowest BCUT2D eigenvalue weighted by Crippen LogP contribution is -2.31. The molecule has 0 aliphatic carbocycles. The molecule has 21 heavy (non-hydrogen) atoms. The molecule has 2 rings (SSSR count). The Morgan fingerprint density at radius 1 is 1.38 bits per heavy atom. The van der Waals surface area contributed by atoms with Gasteiger partial charge in [0.15, 0.2) is 0 Å². The van der Waals surface area contributed by atoms with Gasteiger partial charge in [-0.15, -0.1) is 0 Å². The fourth-order valence-electron chi connectivity index (χ4n) is 1.97. The van der Waals surface area contributed by atoms with Gasteiger partial charge in [-0.25, -0.2) is 9.18 Å². The number of benzene rings is 1. The van der Waals surface area contributed by atoms with Crippen molar-refractivity contribution in [1.82, 2.24) is 9.80 Å². The van der Waals surface area contributed by atoms with Crippen molar-refractivity contribution >= 4 is 11.9 Å². The zero-order valence-electron chi connectivity index (χ0n) is 11.6. The second kappa shape index (κ2) is 6.37. The standard InChI is InChI=1S/C15H15FN2O3/c1-17-10-14(20)18(15(17)21)9-12-6-5-11(8-13(12)16)4-2-3-7-19/h5-6,8,19H,3,7,9-10H2,1H3. The van der Waals surface area contributed by atoms with Crippen LogP contribution in [0.4, 0.5) is 9.18 Å². The lowest BCUT2D eigenvalue weighted by Gasteiger charge is -2.14. The molecule has 0 radical (unpaired) electrons. The molecule has 1 aliphatic heterocycles. The molecule has 0 unspecified atom stereocenters. The highest BCUT2D eigenvalue weighted by molar-refractivity contribution is 6.01. The zero-order chi connectivity index (χ0) is 15.4. The number of likely N-dealkylation sites (N-methyl/N-ethyl adjacent to an activating group) is 1. The summed E-state index contributed by atoms with van der Waals surface area (Å²) in [7, 11) is 1.52. The Hall–Kier alpha value is -2.39. The van der Waals surface area contributed by atoms with E-state index in [4.69, 9.17) is 5.11 Å². The molecular formula is C15H15FN2O3. The third-order valence-electron chi connectivity index (χ3n) is 3.08. The summed E-state index contributed by atoms with van der Waals surface area (Å²) in [6.45, 7) is -0.108. The molecule has 1 aromatic carbocycles. The molecule has 1 fully saturated rings. The van der Waals surface area contributed by atoms with Gasteiger partial charge in [0.1, 0.15) is 12.4 Å². The lowest BCUT2D eigenvalue weighted by molar-refractivity contribution is -0.125. The van der Waals surface area contributed by atoms with Gasteiger partial charge in [0, 0.05) is 24.6 Å². The summed E-state index contributed by atoms with van der Waals surface area (Å²) in [6, 6.07) is 3.97. The van der Waals surface area contributed by atoms with Gasteiger partial charge >= 0.3 is 6.03 Å². The quantitative estimate of drug-likeness (QED) is 0.666. The molecule has 3 amide bonds. The Labute approximate surface area is 122 Å². The number of hydrogen-bond acceptors (Lipinski definition) is 3. The summed E-state index contributed by atoms with van der Waals surface area (Å²) in [4.78, 5) is 25.7. The zero-order valence-corrected chi connectivity index (χ0v) is 11.6. The Kier molecular flexibility index (Phi) is 4.55. The van der Waals surface area contributed by atoms with Crippen LogP contribution in [0.15, 0.2) is 18.2 Å². The number of carbonyl (C=O) groups excluding carboxylic acids is 2. The van der Waals surface area contributed by atoms with Crippen LogP contribution >= 0.6 is 0 Å². The third-order valence-corrected chi connectivity index (χ3v) is 3.08. The molecular weight excluding hydrogens is 275 g/mol. The van der Waals surface area contributed by atoms with Crippen LogP contribution in [-0.4, -0.2) is 47.0 Å². The van der Waals surface area contributed by atoms with Gasteiger partial charge in [0.2, 0.25) is 0 Å². The molecule has 1 aromatic rings. The van der Waals surface area contributed by atoms with Crippen molar-refractivity contribution in [3.05, 3.63) is 35.1 Å². The highest BCUT2D eigenvalue weighted by atomic mass is 19.1. The van der Waals surface area contributed by atoms with Gasteiger partial charge in [-0.3, -0.25) is 9.69 Å². The van der Waals surface area contributed by atoms with Crippen LogP contribution in [0.1, 0.15) is 17.5 Å². The number of urea groups is 1. The van der Waals surface area contributed by atoms with E-state index in [0.29, 0.717) is 12.0 Å². The number of halogens is 1. The minimum atomic E-state index is -0.513. The second-order valence-electron chi connectivity index (χ2n) is 4.70. The number of nitrogens with zero attached hydrogens (tertiary/aromatic N) is 2. The van der Waals surface area contributed by atoms with Crippen LogP contribution in [0.5, 0.6) is 0 Å². The minimum absolute atomic E-state index is 0.0190. The fourth-order valence-corrected chi connectivity index (χ4v) is 1.97. The second-order valence-corrected chi connectivity index (χ2v) is 4.70. The van der Waals surface area contributed by atoms with Crippen molar-refractivity contribution in [3.8, 4) is 11.8 Å².